The molecule has 3 nitrogen and oxygen atoms in total. The molecule has 14 heavy (non-hydrogen) atoms. The SMILES string of the molecule is COc1ccccc1C(C)(CN)OC. The van der Waals surface area contributed by atoms with Gasteiger partial charge in [-0.15, -0.1) is 0 Å². The lowest BCUT2D eigenvalue weighted by Crippen LogP contribution is -2.34. The van der Waals surface area contributed by atoms with Gasteiger partial charge in [0.1, 0.15) is 11.4 Å². The van der Waals surface area contributed by atoms with Crippen molar-refractivity contribution in [3.8, 4) is 5.75 Å². The Labute approximate surface area is 84.8 Å². The van der Waals surface area contributed by atoms with E-state index in [1.807, 2.05) is 31.2 Å². The van der Waals surface area contributed by atoms with E-state index < -0.39 is 5.60 Å². The van der Waals surface area contributed by atoms with Gasteiger partial charge in [-0.25, -0.2) is 0 Å². The van der Waals surface area contributed by atoms with Gasteiger partial charge in [0.25, 0.3) is 0 Å². The van der Waals surface area contributed by atoms with E-state index in [0.29, 0.717) is 6.54 Å². The van der Waals surface area contributed by atoms with Crippen molar-refractivity contribution in [2.24, 2.45) is 5.73 Å². The molecule has 3 heteroatoms. The first kappa shape index (κ1) is 11.0. The summed E-state index contributed by atoms with van der Waals surface area (Å²) in [5.41, 5.74) is 6.19. The maximum absolute atomic E-state index is 5.69. The number of hydrogen-bond donors (Lipinski definition) is 1. The zero-order valence-electron chi connectivity index (χ0n) is 8.91. The van der Waals surface area contributed by atoms with E-state index in [9.17, 15) is 0 Å². The van der Waals surface area contributed by atoms with Gasteiger partial charge in [0.05, 0.1) is 7.11 Å². The molecule has 0 heterocycles. The summed E-state index contributed by atoms with van der Waals surface area (Å²) >= 11 is 0. The fourth-order valence-corrected chi connectivity index (χ4v) is 1.38. The maximum Gasteiger partial charge on any atom is 0.124 e. The van der Waals surface area contributed by atoms with E-state index >= 15 is 0 Å². The molecule has 0 aliphatic rings. The molecule has 78 valence electrons. The van der Waals surface area contributed by atoms with E-state index in [0.717, 1.165) is 11.3 Å². The first-order chi connectivity index (χ1) is 6.68. The van der Waals surface area contributed by atoms with E-state index in [1.54, 1.807) is 14.2 Å². The Morgan fingerprint density at radius 3 is 2.43 bits per heavy atom. The minimum Gasteiger partial charge on any atom is -0.496 e. The molecule has 0 aromatic heterocycles. The van der Waals surface area contributed by atoms with Crippen LogP contribution in [-0.2, 0) is 10.3 Å². The van der Waals surface area contributed by atoms with Crippen molar-refractivity contribution in [1.82, 2.24) is 0 Å². The second-order valence-corrected chi connectivity index (χ2v) is 3.34. The van der Waals surface area contributed by atoms with Crippen LogP contribution in [0.3, 0.4) is 0 Å². The minimum atomic E-state index is -0.480. The largest absolute Gasteiger partial charge is 0.496 e. The van der Waals surface area contributed by atoms with E-state index in [4.69, 9.17) is 15.2 Å². The van der Waals surface area contributed by atoms with E-state index in [1.165, 1.54) is 0 Å². The number of methoxy groups -OCH3 is 2. The van der Waals surface area contributed by atoms with Crippen LogP contribution in [0.2, 0.25) is 0 Å². The van der Waals surface area contributed by atoms with Gasteiger partial charge in [-0.1, -0.05) is 18.2 Å². The summed E-state index contributed by atoms with van der Waals surface area (Å²) in [7, 11) is 3.30. The van der Waals surface area contributed by atoms with Gasteiger partial charge in [0.15, 0.2) is 0 Å². The number of para-hydroxylation sites is 1. The van der Waals surface area contributed by atoms with Crippen LogP contribution in [0.4, 0.5) is 0 Å². The van der Waals surface area contributed by atoms with Crippen molar-refractivity contribution in [1.29, 1.82) is 0 Å². The lowest BCUT2D eigenvalue weighted by atomic mass is 9.95. The molecule has 0 aliphatic carbocycles. The second-order valence-electron chi connectivity index (χ2n) is 3.34. The van der Waals surface area contributed by atoms with Gasteiger partial charge in [0, 0.05) is 19.2 Å². The first-order valence-electron chi connectivity index (χ1n) is 4.56. The summed E-state index contributed by atoms with van der Waals surface area (Å²) in [5.74, 6) is 0.808. The Bertz CT molecular complexity index is 295. The lowest BCUT2D eigenvalue weighted by molar-refractivity contribution is 0.00822. The Morgan fingerprint density at radius 1 is 1.29 bits per heavy atom. The van der Waals surface area contributed by atoms with Gasteiger partial charge in [-0.05, 0) is 13.0 Å². The van der Waals surface area contributed by atoms with Crippen molar-refractivity contribution in [2.75, 3.05) is 20.8 Å². The van der Waals surface area contributed by atoms with Gasteiger partial charge >= 0.3 is 0 Å². The molecule has 0 saturated heterocycles. The fourth-order valence-electron chi connectivity index (χ4n) is 1.38. The van der Waals surface area contributed by atoms with Crippen LogP contribution >= 0.6 is 0 Å². The van der Waals surface area contributed by atoms with Crippen LogP contribution in [-0.4, -0.2) is 20.8 Å². The van der Waals surface area contributed by atoms with Gasteiger partial charge < -0.3 is 15.2 Å². The van der Waals surface area contributed by atoms with E-state index in [2.05, 4.69) is 0 Å². The second kappa shape index (κ2) is 4.44. The van der Waals surface area contributed by atoms with Crippen molar-refractivity contribution < 1.29 is 9.47 Å². The topological polar surface area (TPSA) is 44.5 Å². The summed E-state index contributed by atoms with van der Waals surface area (Å²) in [6.45, 7) is 2.37. The highest BCUT2D eigenvalue weighted by atomic mass is 16.5. The predicted molar refractivity (Wildman–Crippen MR) is 56.4 cm³/mol. The smallest absolute Gasteiger partial charge is 0.124 e. The van der Waals surface area contributed by atoms with Crippen molar-refractivity contribution in [2.45, 2.75) is 12.5 Å². The molecule has 0 saturated carbocycles. The zero-order chi connectivity index (χ0) is 10.6. The third-order valence-corrected chi connectivity index (χ3v) is 2.52. The Hall–Kier alpha value is -1.06. The average Bonchev–Trinajstić information content (AvgIpc) is 2.28. The molecule has 1 aromatic rings. The molecule has 0 amide bonds. The number of rotatable bonds is 4. The van der Waals surface area contributed by atoms with Crippen molar-refractivity contribution in [3.05, 3.63) is 29.8 Å². The Kier molecular flexibility index (Phi) is 3.49. The molecule has 0 aliphatic heterocycles. The first-order valence-corrected chi connectivity index (χ1v) is 4.56. The lowest BCUT2D eigenvalue weighted by Gasteiger charge is -2.28. The molecule has 0 radical (unpaired) electrons. The van der Waals surface area contributed by atoms with Crippen LogP contribution in [0.5, 0.6) is 5.75 Å². The molecular weight excluding hydrogens is 178 g/mol. The van der Waals surface area contributed by atoms with Crippen LogP contribution in [0, 0.1) is 0 Å². The molecule has 1 unspecified atom stereocenters. The summed E-state index contributed by atoms with van der Waals surface area (Å²) in [5, 5.41) is 0. The van der Waals surface area contributed by atoms with Crippen LogP contribution in [0.1, 0.15) is 12.5 Å². The molecule has 2 N–H and O–H groups in total. The molecule has 1 atom stereocenters. The number of hydrogen-bond acceptors (Lipinski definition) is 3. The molecule has 1 aromatic carbocycles. The number of nitrogens with two attached hydrogens (primary N) is 1. The standard InChI is InChI=1S/C11H17NO2/c1-11(8-12,14-3)9-6-4-5-7-10(9)13-2/h4-7H,8,12H2,1-3H3. The molecule has 0 spiro atoms. The monoisotopic (exact) mass is 195 g/mol. The van der Waals surface area contributed by atoms with Crippen molar-refractivity contribution in [3.63, 3.8) is 0 Å². The minimum absolute atomic E-state index is 0.421. The van der Waals surface area contributed by atoms with E-state index in [-0.39, 0.29) is 0 Å². The summed E-state index contributed by atoms with van der Waals surface area (Å²) < 4.78 is 10.7. The fraction of sp³-hybridized carbons (Fsp3) is 0.455. The quantitative estimate of drug-likeness (QED) is 0.792. The highest BCUT2D eigenvalue weighted by Crippen LogP contribution is 2.31. The summed E-state index contributed by atoms with van der Waals surface area (Å²) in [4.78, 5) is 0. The predicted octanol–water partition coefficient (Wildman–Crippen LogP) is 1.52. The maximum atomic E-state index is 5.69. The Balaban J connectivity index is 3.15. The summed E-state index contributed by atoms with van der Waals surface area (Å²) in [6, 6.07) is 7.75. The number of benzene rings is 1. The summed E-state index contributed by atoms with van der Waals surface area (Å²) in [6.07, 6.45) is 0. The third kappa shape index (κ3) is 1.89. The normalized spacial score (nSPS) is 14.9. The number of ether oxygens (including phenoxy) is 2. The van der Waals surface area contributed by atoms with Gasteiger partial charge in [0.2, 0.25) is 0 Å². The molecule has 0 fully saturated rings. The average molecular weight is 195 g/mol. The third-order valence-electron chi connectivity index (χ3n) is 2.52. The molecular formula is C11H17NO2. The van der Waals surface area contributed by atoms with Crippen LogP contribution in [0.15, 0.2) is 24.3 Å². The van der Waals surface area contributed by atoms with Crippen molar-refractivity contribution >= 4 is 0 Å². The van der Waals surface area contributed by atoms with Crippen LogP contribution < -0.4 is 10.5 Å². The van der Waals surface area contributed by atoms with Gasteiger partial charge in [-0.3, -0.25) is 0 Å². The van der Waals surface area contributed by atoms with Crippen LogP contribution in [0.25, 0.3) is 0 Å². The molecule has 1 rings (SSSR count). The highest BCUT2D eigenvalue weighted by Gasteiger charge is 2.27. The Morgan fingerprint density at radius 2 is 1.93 bits per heavy atom. The van der Waals surface area contributed by atoms with Gasteiger partial charge in [-0.2, -0.15) is 0 Å². The highest BCUT2D eigenvalue weighted by molar-refractivity contribution is 5.38. The zero-order valence-corrected chi connectivity index (χ0v) is 8.91. The molecule has 0 bridgehead atoms.